The van der Waals surface area contributed by atoms with E-state index >= 15 is 0 Å². The van der Waals surface area contributed by atoms with E-state index in [0.29, 0.717) is 29.4 Å². The molecular formula is C19H26ClNO3. The topological polar surface area (TPSA) is 42.7 Å². The second-order valence-corrected chi connectivity index (χ2v) is 6.25. The second-order valence-electron chi connectivity index (χ2n) is 5.87. The van der Waals surface area contributed by atoms with Crippen molar-refractivity contribution in [2.75, 3.05) is 26.2 Å². The minimum absolute atomic E-state index is 0.304. The molecule has 2 rings (SSSR count). The number of rotatable bonds is 8. The van der Waals surface area contributed by atoms with Crippen LogP contribution in [0.4, 0.5) is 0 Å². The summed E-state index contributed by atoms with van der Waals surface area (Å²) >= 11 is 6.38. The molecule has 2 aromatic rings. The van der Waals surface area contributed by atoms with Crippen LogP contribution in [-0.2, 0) is 6.42 Å². The van der Waals surface area contributed by atoms with Crippen molar-refractivity contribution in [3.8, 4) is 5.75 Å². The molecule has 1 heterocycles. The molecule has 0 atom stereocenters. The van der Waals surface area contributed by atoms with E-state index in [1.807, 2.05) is 26.0 Å². The second kappa shape index (κ2) is 8.54. The zero-order chi connectivity index (χ0) is 17.7. The molecule has 4 nitrogen and oxygen atoms in total. The van der Waals surface area contributed by atoms with E-state index < -0.39 is 0 Å². The number of halogens is 1. The summed E-state index contributed by atoms with van der Waals surface area (Å²) in [5.74, 6) is 0.560. The van der Waals surface area contributed by atoms with Gasteiger partial charge in [0.15, 0.2) is 5.58 Å². The molecule has 0 unspecified atom stereocenters. The van der Waals surface area contributed by atoms with Gasteiger partial charge in [0, 0.05) is 17.5 Å². The Kier molecular flexibility index (Phi) is 6.69. The van der Waals surface area contributed by atoms with Crippen LogP contribution in [-0.4, -0.2) is 31.1 Å². The highest BCUT2D eigenvalue weighted by molar-refractivity contribution is 6.36. The third kappa shape index (κ3) is 3.93. The zero-order valence-electron chi connectivity index (χ0n) is 14.9. The van der Waals surface area contributed by atoms with Crippen LogP contribution in [0.25, 0.3) is 11.0 Å². The minimum Gasteiger partial charge on any atom is -0.492 e. The van der Waals surface area contributed by atoms with Crippen LogP contribution in [0, 0.1) is 6.92 Å². The van der Waals surface area contributed by atoms with Gasteiger partial charge in [0.25, 0.3) is 0 Å². The van der Waals surface area contributed by atoms with Crippen molar-refractivity contribution in [1.29, 1.82) is 0 Å². The van der Waals surface area contributed by atoms with Gasteiger partial charge in [0.1, 0.15) is 10.8 Å². The fourth-order valence-electron chi connectivity index (χ4n) is 2.83. The van der Waals surface area contributed by atoms with Gasteiger partial charge >= 0.3 is 5.63 Å². The van der Waals surface area contributed by atoms with Crippen LogP contribution in [0.2, 0.25) is 5.02 Å². The summed E-state index contributed by atoms with van der Waals surface area (Å²) in [7, 11) is 0. The Morgan fingerprint density at radius 2 is 1.92 bits per heavy atom. The maximum absolute atomic E-state index is 12.4. The lowest BCUT2D eigenvalue weighted by atomic mass is 10.0. The summed E-state index contributed by atoms with van der Waals surface area (Å²) in [4.78, 5) is 14.7. The van der Waals surface area contributed by atoms with E-state index in [1.54, 1.807) is 0 Å². The standard InChI is InChI=1S/C19H26ClNO3/c1-5-12-23-16-9-8-14-13(4)15(10-11-21(6-2)7-3)19(22)24-18(14)17(16)20/h8-9H,5-7,10-12H2,1-4H3. The van der Waals surface area contributed by atoms with Crippen LogP contribution in [0.3, 0.4) is 0 Å². The average Bonchev–Trinajstić information content (AvgIpc) is 2.58. The van der Waals surface area contributed by atoms with E-state index in [2.05, 4.69) is 18.7 Å². The molecule has 0 N–H and O–H groups in total. The first-order valence-corrected chi connectivity index (χ1v) is 9.01. The predicted molar refractivity (Wildman–Crippen MR) is 99.5 cm³/mol. The van der Waals surface area contributed by atoms with Gasteiger partial charge in [-0.05, 0) is 50.6 Å². The Balaban J connectivity index is 2.41. The maximum atomic E-state index is 12.4. The highest BCUT2D eigenvalue weighted by atomic mass is 35.5. The summed E-state index contributed by atoms with van der Waals surface area (Å²) in [6, 6.07) is 3.77. The van der Waals surface area contributed by atoms with Crippen molar-refractivity contribution < 1.29 is 9.15 Å². The van der Waals surface area contributed by atoms with Crippen molar-refractivity contribution in [3.05, 3.63) is 38.7 Å². The zero-order valence-corrected chi connectivity index (χ0v) is 15.7. The van der Waals surface area contributed by atoms with Crippen LogP contribution in [0.5, 0.6) is 5.75 Å². The van der Waals surface area contributed by atoms with Crippen molar-refractivity contribution in [2.24, 2.45) is 0 Å². The molecule has 0 saturated carbocycles. The van der Waals surface area contributed by atoms with E-state index in [1.165, 1.54) is 0 Å². The van der Waals surface area contributed by atoms with Crippen molar-refractivity contribution in [3.63, 3.8) is 0 Å². The Morgan fingerprint density at radius 1 is 1.21 bits per heavy atom. The molecule has 0 aliphatic heterocycles. The monoisotopic (exact) mass is 351 g/mol. The molecule has 24 heavy (non-hydrogen) atoms. The first-order chi connectivity index (χ1) is 11.5. The van der Waals surface area contributed by atoms with Gasteiger partial charge in [-0.25, -0.2) is 4.79 Å². The predicted octanol–water partition coefficient (Wildman–Crippen LogP) is 4.43. The lowest BCUT2D eigenvalue weighted by Gasteiger charge is -2.18. The third-order valence-electron chi connectivity index (χ3n) is 4.39. The van der Waals surface area contributed by atoms with Gasteiger partial charge in [0.2, 0.25) is 0 Å². The molecule has 0 amide bonds. The number of benzene rings is 1. The van der Waals surface area contributed by atoms with Crippen LogP contribution in [0.15, 0.2) is 21.3 Å². The number of aryl methyl sites for hydroxylation is 1. The summed E-state index contributed by atoms with van der Waals surface area (Å²) in [5.41, 5.74) is 1.78. The quantitative estimate of drug-likeness (QED) is 0.660. The summed E-state index contributed by atoms with van der Waals surface area (Å²) in [5, 5.41) is 1.24. The van der Waals surface area contributed by atoms with E-state index in [-0.39, 0.29) is 5.63 Å². The summed E-state index contributed by atoms with van der Waals surface area (Å²) < 4.78 is 11.2. The largest absolute Gasteiger partial charge is 0.492 e. The fourth-order valence-corrected chi connectivity index (χ4v) is 3.08. The highest BCUT2D eigenvalue weighted by Gasteiger charge is 2.16. The van der Waals surface area contributed by atoms with Gasteiger partial charge in [-0.2, -0.15) is 0 Å². The van der Waals surface area contributed by atoms with Crippen LogP contribution >= 0.6 is 11.6 Å². The Labute approximate surface area is 148 Å². The molecular weight excluding hydrogens is 326 g/mol. The van der Waals surface area contributed by atoms with Gasteiger partial charge in [-0.15, -0.1) is 0 Å². The van der Waals surface area contributed by atoms with Crippen molar-refractivity contribution in [2.45, 2.75) is 40.5 Å². The minimum atomic E-state index is -0.304. The number of fused-ring (bicyclic) bond motifs is 1. The van der Waals surface area contributed by atoms with E-state index in [4.69, 9.17) is 20.8 Å². The number of hydrogen-bond acceptors (Lipinski definition) is 4. The molecule has 1 aromatic carbocycles. The first-order valence-electron chi connectivity index (χ1n) is 8.63. The molecule has 0 fully saturated rings. The van der Waals surface area contributed by atoms with Gasteiger partial charge in [-0.1, -0.05) is 32.4 Å². The van der Waals surface area contributed by atoms with Gasteiger partial charge < -0.3 is 14.1 Å². The lowest BCUT2D eigenvalue weighted by Crippen LogP contribution is -2.27. The molecule has 0 spiro atoms. The average molecular weight is 352 g/mol. The van der Waals surface area contributed by atoms with Gasteiger partial charge in [0.05, 0.1) is 6.61 Å². The van der Waals surface area contributed by atoms with Gasteiger partial charge in [-0.3, -0.25) is 0 Å². The van der Waals surface area contributed by atoms with Crippen molar-refractivity contribution in [1.82, 2.24) is 4.90 Å². The number of nitrogens with zero attached hydrogens (tertiary/aromatic N) is 1. The number of ether oxygens (including phenoxy) is 1. The van der Waals surface area contributed by atoms with Crippen LogP contribution < -0.4 is 10.4 Å². The third-order valence-corrected chi connectivity index (χ3v) is 4.75. The van der Waals surface area contributed by atoms with E-state index in [9.17, 15) is 4.79 Å². The molecule has 132 valence electrons. The first kappa shape index (κ1) is 18.8. The molecule has 0 saturated heterocycles. The SMILES string of the molecule is CCCOc1ccc2c(C)c(CCN(CC)CC)c(=O)oc2c1Cl. The molecule has 0 aliphatic rings. The molecule has 5 heteroatoms. The molecule has 0 aliphatic carbocycles. The number of hydrogen-bond donors (Lipinski definition) is 0. The molecule has 0 radical (unpaired) electrons. The molecule has 1 aromatic heterocycles. The fraction of sp³-hybridized carbons (Fsp3) is 0.526. The van der Waals surface area contributed by atoms with E-state index in [0.717, 1.165) is 42.6 Å². The maximum Gasteiger partial charge on any atom is 0.339 e. The molecule has 0 bridgehead atoms. The van der Waals surface area contributed by atoms with Crippen LogP contribution in [0.1, 0.15) is 38.3 Å². The number of likely N-dealkylation sites (N-methyl/N-ethyl adjacent to an activating group) is 1. The Hall–Kier alpha value is -1.52. The highest BCUT2D eigenvalue weighted by Crippen LogP contribution is 2.34. The lowest BCUT2D eigenvalue weighted by molar-refractivity contribution is 0.306. The van der Waals surface area contributed by atoms with Crippen molar-refractivity contribution >= 4 is 22.6 Å². The summed E-state index contributed by atoms with van der Waals surface area (Å²) in [6.07, 6.45) is 1.57. The smallest absolute Gasteiger partial charge is 0.339 e. The summed E-state index contributed by atoms with van der Waals surface area (Å²) in [6.45, 7) is 11.6. The Bertz CT molecular complexity index is 750. The Morgan fingerprint density at radius 3 is 2.54 bits per heavy atom. The normalized spacial score (nSPS) is 11.4.